The van der Waals surface area contributed by atoms with Gasteiger partial charge in [-0.05, 0) is 6.92 Å². The Morgan fingerprint density at radius 2 is 2.00 bits per heavy atom. The molecule has 0 aromatic carbocycles. The quantitative estimate of drug-likeness (QED) is 0.605. The van der Waals surface area contributed by atoms with E-state index in [1.54, 1.807) is 0 Å². The van der Waals surface area contributed by atoms with Crippen molar-refractivity contribution in [1.82, 2.24) is 0 Å². The Balaban J connectivity index is 4.30. The zero-order valence-electron chi connectivity index (χ0n) is 8.70. The van der Waals surface area contributed by atoms with Crippen molar-refractivity contribution in [2.45, 2.75) is 13.8 Å². The minimum absolute atomic E-state index is 0.0989. The van der Waals surface area contributed by atoms with Crippen molar-refractivity contribution in [3.63, 3.8) is 0 Å². The third-order valence-electron chi connectivity index (χ3n) is 1.89. The number of Topliss-reactive ketones (excluding diaryl/α,β-unsaturated/α-hetero) is 1. The molecule has 5 heteroatoms. The van der Waals surface area contributed by atoms with Crippen LogP contribution in [-0.2, 0) is 19.1 Å². The molecule has 0 saturated carbocycles. The van der Waals surface area contributed by atoms with Gasteiger partial charge in [-0.15, -0.1) is 0 Å². The van der Waals surface area contributed by atoms with Crippen LogP contribution in [0.2, 0.25) is 0 Å². The predicted molar refractivity (Wildman–Crippen MR) is 48.7 cm³/mol. The van der Waals surface area contributed by atoms with Gasteiger partial charge < -0.3 is 14.6 Å². The first-order valence-corrected chi connectivity index (χ1v) is 4.22. The van der Waals surface area contributed by atoms with Gasteiger partial charge in [0.05, 0.1) is 12.0 Å². The van der Waals surface area contributed by atoms with Crippen molar-refractivity contribution in [2.24, 2.45) is 5.41 Å². The third kappa shape index (κ3) is 3.85. The number of rotatable bonds is 6. The topological polar surface area (TPSA) is 72.8 Å². The van der Waals surface area contributed by atoms with Crippen LogP contribution in [0, 0.1) is 5.41 Å². The van der Waals surface area contributed by atoms with Crippen molar-refractivity contribution < 1.29 is 24.2 Å². The second-order valence-electron chi connectivity index (χ2n) is 3.36. The summed E-state index contributed by atoms with van der Waals surface area (Å²) in [5, 5.41) is 9.03. The molecule has 14 heavy (non-hydrogen) atoms. The second kappa shape index (κ2) is 5.72. The van der Waals surface area contributed by atoms with Crippen LogP contribution in [0.5, 0.6) is 0 Å². The first-order chi connectivity index (χ1) is 6.46. The van der Waals surface area contributed by atoms with Crippen molar-refractivity contribution in [3.8, 4) is 0 Å². The van der Waals surface area contributed by atoms with Crippen LogP contribution in [0.3, 0.4) is 0 Å². The monoisotopic (exact) mass is 204 g/mol. The summed E-state index contributed by atoms with van der Waals surface area (Å²) < 4.78 is 9.35. The van der Waals surface area contributed by atoms with Crippen molar-refractivity contribution in [1.29, 1.82) is 0 Å². The lowest BCUT2D eigenvalue weighted by atomic mass is 9.88. The molecule has 1 N–H and O–H groups in total. The van der Waals surface area contributed by atoms with Gasteiger partial charge >= 0.3 is 5.97 Å². The van der Waals surface area contributed by atoms with E-state index in [0.29, 0.717) is 0 Å². The molecular formula is C9H16O5. The molecule has 0 saturated heterocycles. The Morgan fingerprint density at radius 1 is 1.43 bits per heavy atom. The molecule has 0 aromatic rings. The van der Waals surface area contributed by atoms with Gasteiger partial charge in [-0.2, -0.15) is 0 Å². The Morgan fingerprint density at radius 3 is 2.36 bits per heavy atom. The van der Waals surface area contributed by atoms with E-state index in [9.17, 15) is 9.59 Å². The molecule has 0 radical (unpaired) electrons. The number of aliphatic hydroxyl groups excluding tert-OH is 1. The van der Waals surface area contributed by atoms with Gasteiger partial charge in [0.1, 0.15) is 13.2 Å². The van der Waals surface area contributed by atoms with Gasteiger partial charge in [0.15, 0.2) is 5.78 Å². The van der Waals surface area contributed by atoms with E-state index in [1.807, 2.05) is 0 Å². The maximum Gasteiger partial charge on any atom is 0.302 e. The van der Waals surface area contributed by atoms with Crippen molar-refractivity contribution in [3.05, 3.63) is 0 Å². The number of methoxy groups -OCH3 is 1. The summed E-state index contributed by atoms with van der Waals surface area (Å²) in [5.74, 6) is -0.765. The van der Waals surface area contributed by atoms with Crippen LogP contribution in [-0.4, -0.2) is 43.8 Å². The molecule has 0 aliphatic carbocycles. The maximum absolute atomic E-state index is 11.4. The zero-order chi connectivity index (χ0) is 11.2. The average molecular weight is 204 g/mol. The summed E-state index contributed by atoms with van der Waals surface area (Å²) in [7, 11) is 1.39. The van der Waals surface area contributed by atoms with Crippen LogP contribution < -0.4 is 0 Å². The van der Waals surface area contributed by atoms with Crippen molar-refractivity contribution >= 4 is 11.8 Å². The predicted octanol–water partition coefficient (Wildman–Crippen LogP) is -0.236. The molecule has 0 spiro atoms. The summed E-state index contributed by atoms with van der Waals surface area (Å²) in [4.78, 5) is 22.0. The van der Waals surface area contributed by atoms with Gasteiger partial charge in [-0.25, -0.2) is 0 Å². The highest BCUT2D eigenvalue weighted by molar-refractivity contribution is 5.86. The first kappa shape index (κ1) is 13.1. The minimum Gasteiger partial charge on any atom is -0.465 e. The smallest absolute Gasteiger partial charge is 0.302 e. The van der Waals surface area contributed by atoms with Gasteiger partial charge in [-0.3, -0.25) is 9.59 Å². The highest BCUT2D eigenvalue weighted by Crippen LogP contribution is 2.17. The number of esters is 1. The summed E-state index contributed by atoms with van der Waals surface area (Å²) in [6.07, 6.45) is 0. The molecule has 82 valence electrons. The Kier molecular flexibility index (Phi) is 5.34. The zero-order valence-corrected chi connectivity index (χ0v) is 8.70. The molecule has 0 amide bonds. The Labute approximate surface area is 83.0 Å². The van der Waals surface area contributed by atoms with E-state index in [0.717, 1.165) is 0 Å². The van der Waals surface area contributed by atoms with E-state index in [4.69, 9.17) is 9.84 Å². The van der Waals surface area contributed by atoms with Gasteiger partial charge in [0.2, 0.25) is 0 Å². The molecule has 0 rings (SSSR count). The number of aliphatic hydroxyl groups is 1. The van der Waals surface area contributed by atoms with E-state index in [-0.39, 0.29) is 25.6 Å². The molecule has 0 fully saturated rings. The highest BCUT2D eigenvalue weighted by Gasteiger charge is 2.33. The van der Waals surface area contributed by atoms with Crippen LogP contribution in [0.4, 0.5) is 0 Å². The largest absolute Gasteiger partial charge is 0.465 e. The molecule has 1 atom stereocenters. The fourth-order valence-electron chi connectivity index (χ4n) is 0.781. The van der Waals surface area contributed by atoms with Crippen LogP contribution in [0.15, 0.2) is 0 Å². The fourth-order valence-corrected chi connectivity index (χ4v) is 0.781. The van der Waals surface area contributed by atoms with Crippen LogP contribution in [0.25, 0.3) is 0 Å². The summed E-state index contributed by atoms with van der Waals surface area (Å²) in [5.41, 5.74) is -1.07. The first-order valence-electron chi connectivity index (χ1n) is 4.22. The third-order valence-corrected chi connectivity index (χ3v) is 1.89. The molecule has 1 unspecified atom stereocenters. The molecular weight excluding hydrogens is 188 g/mol. The Bertz CT molecular complexity index is 213. The number of ketones is 1. The van der Waals surface area contributed by atoms with Gasteiger partial charge in [0, 0.05) is 14.0 Å². The van der Waals surface area contributed by atoms with Crippen LogP contribution >= 0.6 is 0 Å². The Hall–Kier alpha value is -0.940. The van der Waals surface area contributed by atoms with Crippen molar-refractivity contribution in [2.75, 3.05) is 26.9 Å². The summed E-state index contributed by atoms with van der Waals surface area (Å²) in [6, 6.07) is 0. The summed E-state index contributed by atoms with van der Waals surface area (Å²) in [6.45, 7) is 2.18. The van der Waals surface area contributed by atoms with E-state index < -0.39 is 11.4 Å². The van der Waals surface area contributed by atoms with Gasteiger partial charge in [0.25, 0.3) is 0 Å². The molecule has 5 nitrogen and oxygen atoms in total. The standard InChI is InChI=1S/C9H16O5/c1-7(11)14-6-9(2,5-10)8(12)4-13-3/h10H,4-6H2,1-3H3. The minimum atomic E-state index is -1.07. The molecule has 0 aliphatic rings. The lowest BCUT2D eigenvalue weighted by Crippen LogP contribution is -2.39. The molecule has 0 aromatic heterocycles. The summed E-state index contributed by atoms with van der Waals surface area (Å²) >= 11 is 0. The fraction of sp³-hybridized carbons (Fsp3) is 0.778. The van der Waals surface area contributed by atoms with E-state index >= 15 is 0 Å². The molecule has 0 bridgehead atoms. The van der Waals surface area contributed by atoms with E-state index in [1.165, 1.54) is 21.0 Å². The number of hydrogen-bond donors (Lipinski definition) is 1. The maximum atomic E-state index is 11.4. The normalized spacial score (nSPS) is 14.6. The van der Waals surface area contributed by atoms with Gasteiger partial charge in [-0.1, -0.05) is 0 Å². The highest BCUT2D eigenvalue weighted by atomic mass is 16.5. The average Bonchev–Trinajstić information content (AvgIpc) is 2.14. The number of hydrogen-bond acceptors (Lipinski definition) is 5. The SMILES string of the molecule is COCC(=O)C(C)(CO)COC(C)=O. The second-order valence-corrected chi connectivity index (χ2v) is 3.36. The number of carbonyl (C=O) groups is 2. The van der Waals surface area contributed by atoms with Crippen LogP contribution in [0.1, 0.15) is 13.8 Å². The molecule has 0 aliphatic heterocycles. The molecule has 0 heterocycles. The van der Waals surface area contributed by atoms with E-state index in [2.05, 4.69) is 4.74 Å². The number of carbonyl (C=O) groups excluding carboxylic acids is 2. The lowest BCUT2D eigenvalue weighted by molar-refractivity contribution is -0.150. The lowest BCUT2D eigenvalue weighted by Gasteiger charge is -2.24. The number of ether oxygens (including phenoxy) is 2.